The molecule has 3 N–H and O–H groups in total. The predicted octanol–water partition coefficient (Wildman–Crippen LogP) is 2.48. The number of aryl methyl sites for hydroxylation is 1. The second-order valence-electron chi connectivity index (χ2n) is 12.7. The lowest BCUT2D eigenvalue weighted by Gasteiger charge is -2.37. The Morgan fingerprint density at radius 2 is 1.68 bits per heavy atom. The van der Waals surface area contributed by atoms with Crippen molar-refractivity contribution in [2.45, 2.75) is 71.6 Å². The molecule has 242 valence electrons. The molecule has 1 fully saturated rings. The van der Waals surface area contributed by atoms with Gasteiger partial charge in [-0.15, -0.1) is 0 Å². The van der Waals surface area contributed by atoms with E-state index in [0.29, 0.717) is 18.4 Å². The molecule has 4 atom stereocenters. The first-order valence-corrected chi connectivity index (χ1v) is 16.7. The highest BCUT2D eigenvalue weighted by Crippen LogP contribution is 2.27. The topological polar surface area (TPSA) is 128 Å². The third-order valence-corrected chi connectivity index (χ3v) is 9.29. The molecule has 3 amide bonds. The van der Waals surface area contributed by atoms with Gasteiger partial charge in [0.15, 0.2) is 0 Å². The van der Waals surface area contributed by atoms with E-state index in [4.69, 9.17) is 0 Å². The van der Waals surface area contributed by atoms with Crippen LogP contribution in [0.2, 0.25) is 0 Å². The Labute approximate surface area is 260 Å². The molecule has 1 saturated heterocycles. The number of sulfonamides is 1. The molecule has 1 aliphatic heterocycles. The standard InChI is InChI=1S/C32H46FN5O5S/c1-21-8-12-24(13-9-21)30(40)35-26-18-27(20-37(44(7,42)43)17-16-23-10-14-25(33)15-11-23)38(19-26)31(41)28(32(3,4)5)36-29(39)22(2)34-6/h8-15,22,26-28,34H,16-20H2,1-7H3,(H,35,40)(H,36,39)/t22-,26-,27-,28+/m0/s1. The quantitative estimate of drug-likeness (QED) is 0.330. The van der Waals surface area contributed by atoms with E-state index in [1.54, 1.807) is 43.1 Å². The van der Waals surface area contributed by atoms with Gasteiger partial charge in [-0.2, -0.15) is 4.31 Å². The summed E-state index contributed by atoms with van der Waals surface area (Å²) in [6.07, 6.45) is 1.79. The van der Waals surface area contributed by atoms with Crippen LogP contribution in [0.4, 0.5) is 4.39 Å². The summed E-state index contributed by atoms with van der Waals surface area (Å²) in [4.78, 5) is 41.8. The summed E-state index contributed by atoms with van der Waals surface area (Å²) >= 11 is 0. The van der Waals surface area contributed by atoms with Gasteiger partial charge in [0.05, 0.1) is 12.3 Å². The van der Waals surface area contributed by atoms with Crippen molar-refractivity contribution in [1.82, 2.24) is 25.2 Å². The summed E-state index contributed by atoms with van der Waals surface area (Å²) in [5, 5.41) is 8.78. The van der Waals surface area contributed by atoms with E-state index in [2.05, 4.69) is 16.0 Å². The molecule has 44 heavy (non-hydrogen) atoms. The third kappa shape index (κ3) is 9.57. The summed E-state index contributed by atoms with van der Waals surface area (Å²) < 4.78 is 40.6. The minimum Gasteiger partial charge on any atom is -0.347 e. The third-order valence-electron chi connectivity index (χ3n) is 8.02. The maximum absolute atomic E-state index is 14.2. The number of hydrogen-bond acceptors (Lipinski definition) is 6. The number of nitrogens with one attached hydrogen (secondary N) is 3. The van der Waals surface area contributed by atoms with Crippen molar-refractivity contribution in [2.24, 2.45) is 5.41 Å². The van der Waals surface area contributed by atoms with Gasteiger partial charge in [0.1, 0.15) is 11.9 Å². The Balaban J connectivity index is 1.89. The van der Waals surface area contributed by atoms with Crippen LogP contribution in [-0.2, 0) is 26.0 Å². The number of rotatable bonds is 12. The number of carbonyl (C=O) groups is 3. The number of likely N-dealkylation sites (tertiary alicyclic amines) is 1. The lowest BCUT2D eigenvalue weighted by Crippen LogP contribution is -2.59. The molecular weight excluding hydrogens is 585 g/mol. The van der Waals surface area contributed by atoms with Gasteiger partial charge < -0.3 is 20.9 Å². The number of nitrogens with zero attached hydrogens (tertiary/aromatic N) is 2. The highest BCUT2D eigenvalue weighted by Gasteiger charge is 2.44. The molecule has 0 radical (unpaired) electrons. The molecule has 0 bridgehead atoms. The first-order chi connectivity index (χ1) is 20.5. The molecule has 0 unspecified atom stereocenters. The van der Waals surface area contributed by atoms with E-state index in [9.17, 15) is 27.2 Å². The molecule has 10 nitrogen and oxygen atoms in total. The molecule has 0 aromatic heterocycles. The van der Waals surface area contributed by atoms with Crippen molar-refractivity contribution >= 4 is 27.7 Å². The fourth-order valence-electron chi connectivity index (χ4n) is 5.18. The van der Waals surface area contributed by atoms with Crippen LogP contribution in [0.3, 0.4) is 0 Å². The van der Waals surface area contributed by atoms with E-state index in [-0.39, 0.29) is 43.2 Å². The van der Waals surface area contributed by atoms with Gasteiger partial charge in [0.2, 0.25) is 21.8 Å². The second kappa shape index (κ2) is 14.6. The monoisotopic (exact) mass is 631 g/mol. The largest absolute Gasteiger partial charge is 0.347 e. The number of benzene rings is 2. The average molecular weight is 632 g/mol. The van der Waals surface area contributed by atoms with Crippen LogP contribution in [0.5, 0.6) is 0 Å². The Hall–Kier alpha value is -3.35. The zero-order chi connectivity index (χ0) is 32.8. The van der Waals surface area contributed by atoms with Crippen molar-refractivity contribution in [3.05, 3.63) is 71.0 Å². The second-order valence-corrected chi connectivity index (χ2v) is 14.7. The maximum Gasteiger partial charge on any atom is 0.251 e. The van der Waals surface area contributed by atoms with Gasteiger partial charge in [0.25, 0.3) is 5.91 Å². The number of amides is 3. The van der Waals surface area contributed by atoms with Crippen molar-refractivity contribution in [1.29, 1.82) is 0 Å². The van der Waals surface area contributed by atoms with Crippen LogP contribution in [-0.4, -0.2) is 92.4 Å². The lowest BCUT2D eigenvalue weighted by atomic mass is 9.85. The zero-order valence-corrected chi connectivity index (χ0v) is 27.5. The van der Waals surface area contributed by atoms with Gasteiger partial charge in [-0.05, 0) is 69.0 Å². The average Bonchev–Trinajstić information content (AvgIpc) is 3.34. The SMILES string of the molecule is CN[C@@H](C)C(=O)N[C@H](C(=O)N1C[C@@H](NC(=O)c2ccc(C)cc2)C[C@H]1CN(CCc1ccc(F)cc1)S(C)(=O)=O)C(C)(C)C. The van der Waals surface area contributed by atoms with Crippen LogP contribution >= 0.6 is 0 Å². The highest BCUT2D eigenvalue weighted by atomic mass is 32.2. The normalized spacial score (nSPS) is 18.6. The molecule has 0 spiro atoms. The summed E-state index contributed by atoms with van der Waals surface area (Å²) in [6, 6.07) is 10.6. The molecule has 0 aliphatic carbocycles. The summed E-state index contributed by atoms with van der Waals surface area (Å²) in [5.74, 6) is -1.35. The van der Waals surface area contributed by atoms with Crippen LogP contribution in [0.25, 0.3) is 0 Å². The first kappa shape index (κ1) is 35.1. The first-order valence-electron chi connectivity index (χ1n) is 14.8. The van der Waals surface area contributed by atoms with E-state index in [1.807, 2.05) is 39.8 Å². The van der Waals surface area contributed by atoms with E-state index in [0.717, 1.165) is 17.4 Å². The van der Waals surface area contributed by atoms with Crippen molar-refractivity contribution in [3.8, 4) is 0 Å². The fourth-order valence-corrected chi connectivity index (χ4v) is 6.05. The zero-order valence-electron chi connectivity index (χ0n) is 26.7. The van der Waals surface area contributed by atoms with Gasteiger partial charge in [-0.25, -0.2) is 12.8 Å². The van der Waals surface area contributed by atoms with Gasteiger partial charge in [0, 0.05) is 37.3 Å². The predicted molar refractivity (Wildman–Crippen MR) is 169 cm³/mol. The lowest BCUT2D eigenvalue weighted by molar-refractivity contribution is -0.140. The molecule has 3 rings (SSSR count). The van der Waals surface area contributed by atoms with Crippen LogP contribution in [0, 0.1) is 18.2 Å². The molecule has 0 saturated carbocycles. The van der Waals surface area contributed by atoms with Gasteiger partial charge in [-0.1, -0.05) is 50.6 Å². The number of carbonyl (C=O) groups excluding carboxylic acids is 3. The highest BCUT2D eigenvalue weighted by molar-refractivity contribution is 7.88. The number of likely N-dealkylation sites (N-methyl/N-ethyl adjacent to an activating group) is 1. The molecular formula is C32H46FN5O5S. The van der Waals surface area contributed by atoms with Gasteiger partial charge >= 0.3 is 0 Å². The summed E-state index contributed by atoms with van der Waals surface area (Å²) in [7, 11) is -2.04. The Morgan fingerprint density at radius 1 is 1.07 bits per heavy atom. The maximum atomic E-state index is 14.2. The number of halogens is 1. The smallest absolute Gasteiger partial charge is 0.251 e. The molecule has 2 aromatic carbocycles. The van der Waals surface area contributed by atoms with Crippen LogP contribution in [0.1, 0.15) is 55.6 Å². The Kier molecular flexibility index (Phi) is 11.7. The molecule has 2 aromatic rings. The fraction of sp³-hybridized carbons (Fsp3) is 0.531. The van der Waals surface area contributed by atoms with E-state index in [1.165, 1.54) is 16.4 Å². The van der Waals surface area contributed by atoms with Gasteiger partial charge in [-0.3, -0.25) is 14.4 Å². The number of hydrogen-bond donors (Lipinski definition) is 3. The van der Waals surface area contributed by atoms with Crippen LogP contribution in [0.15, 0.2) is 48.5 Å². The van der Waals surface area contributed by atoms with Crippen molar-refractivity contribution in [3.63, 3.8) is 0 Å². The van der Waals surface area contributed by atoms with Crippen LogP contribution < -0.4 is 16.0 Å². The Bertz CT molecular complexity index is 1410. The summed E-state index contributed by atoms with van der Waals surface area (Å²) in [5.41, 5.74) is 1.61. The molecule has 1 aliphatic rings. The van der Waals surface area contributed by atoms with Crippen molar-refractivity contribution < 1.29 is 27.2 Å². The van der Waals surface area contributed by atoms with Crippen molar-refractivity contribution in [2.75, 3.05) is 32.9 Å². The summed E-state index contributed by atoms with van der Waals surface area (Å²) in [6.45, 7) is 9.47. The molecule has 1 heterocycles. The van der Waals surface area contributed by atoms with E-state index >= 15 is 0 Å². The Morgan fingerprint density at radius 3 is 2.23 bits per heavy atom. The minimum absolute atomic E-state index is 0.000395. The van der Waals surface area contributed by atoms with E-state index < -0.39 is 39.6 Å². The molecule has 12 heteroatoms. The minimum atomic E-state index is -3.69.